The van der Waals surface area contributed by atoms with Crippen LogP contribution in [-0.2, 0) is 15.8 Å². The predicted molar refractivity (Wildman–Crippen MR) is 115 cm³/mol. The van der Waals surface area contributed by atoms with E-state index in [0.29, 0.717) is 38.6 Å². The van der Waals surface area contributed by atoms with Gasteiger partial charge in [-0.1, -0.05) is 48.0 Å². The van der Waals surface area contributed by atoms with Crippen LogP contribution in [0.5, 0.6) is 5.75 Å². The molecule has 2 N–H and O–H groups in total. The Hall–Kier alpha value is -2.20. The van der Waals surface area contributed by atoms with Crippen molar-refractivity contribution in [1.29, 1.82) is 0 Å². The van der Waals surface area contributed by atoms with Gasteiger partial charge in [-0.2, -0.15) is 13.2 Å². The van der Waals surface area contributed by atoms with Crippen LogP contribution in [0.1, 0.15) is 22.8 Å². The fraction of sp³-hybridized carbons (Fsp3) is 0.143. The molecule has 1 atom stereocenters. The fourth-order valence-corrected chi connectivity index (χ4v) is 5.12. The summed E-state index contributed by atoms with van der Waals surface area (Å²) in [4.78, 5) is -0.00464. The molecule has 3 aromatic carbocycles. The first-order valence-corrected chi connectivity index (χ1v) is 11.9. The molecular formula is C21H15ClF3NO3S2. The molecule has 1 heterocycles. The highest BCUT2D eigenvalue weighted by atomic mass is 35.5. The van der Waals surface area contributed by atoms with Crippen molar-refractivity contribution >= 4 is 33.4 Å². The molecule has 0 fully saturated rings. The monoisotopic (exact) mass is 485 g/mol. The number of benzene rings is 3. The number of hydrogen-bond acceptors (Lipinski definition) is 4. The van der Waals surface area contributed by atoms with Crippen molar-refractivity contribution in [3.8, 4) is 16.9 Å². The molecule has 0 aliphatic carbocycles. The van der Waals surface area contributed by atoms with Crippen molar-refractivity contribution < 1.29 is 26.3 Å². The van der Waals surface area contributed by atoms with Crippen LogP contribution in [0.4, 0.5) is 13.2 Å². The van der Waals surface area contributed by atoms with Gasteiger partial charge < -0.3 is 4.74 Å². The summed E-state index contributed by atoms with van der Waals surface area (Å²) in [7, 11) is -3.80. The Bertz CT molecular complexity index is 1260. The highest BCUT2D eigenvalue weighted by molar-refractivity contribution is 8.00. The van der Waals surface area contributed by atoms with E-state index in [1.807, 2.05) is 0 Å². The van der Waals surface area contributed by atoms with E-state index in [1.54, 1.807) is 48.5 Å². The maximum Gasteiger partial charge on any atom is 0.446 e. The molecule has 4 rings (SSSR count). The molecule has 3 aromatic rings. The van der Waals surface area contributed by atoms with Gasteiger partial charge in [-0.3, -0.25) is 0 Å². The average Bonchev–Trinajstić information content (AvgIpc) is 2.65. The summed E-state index contributed by atoms with van der Waals surface area (Å²) in [5.74, 6) is -0.111. The Kier molecular flexibility index (Phi) is 5.72. The lowest BCUT2D eigenvalue weighted by atomic mass is 9.88. The summed E-state index contributed by atoms with van der Waals surface area (Å²) in [6.45, 7) is 0. The van der Waals surface area contributed by atoms with E-state index < -0.39 is 27.4 Å². The van der Waals surface area contributed by atoms with Crippen LogP contribution in [0.3, 0.4) is 0 Å². The lowest BCUT2D eigenvalue weighted by Gasteiger charge is -2.31. The van der Waals surface area contributed by atoms with E-state index >= 15 is 0 Å². The third-order valence-corrected chi connectivity index (χ3v) is 6.41. The Balaban J connectivity index is 1.92. The molecule has 0 saturated carbocycles. The van der Waals surface area contributed by atoms with Gasteiger partial charge in [0.05, 0.1) is 5.75 Å². The molecule has 1 aliphatic rings. The van der Waals surface area contributed by atoms with Gasteiger partial charge in [0.2, 0.25) is 10.0 Å². The van der Waals surface area contributed by atoms with Crippen LogP contribution in [0.25, 0.3) is 11.1 Å². The maximum absolute atomic E-state index is 13.2. The van der Waals surface area contributed by atoms with Gasteiger partial charge in [-0.15, -0.1) is 0 Å². The third kappa shape index (κ3) is 5.01. The molecular weight excluding hydrogens is 471 g/mol. The lowest BCUT2D eigenvalue weighted by molar-refractivity contribution is -0.0328. The van der Waals surface area contributed by atoms with E-state index in [1.165, 1.54) is 12.1 Å². The van der Waals surface area contributed by atoms with Gasteiger partial charge >= 0.3 is 5.51 Å². The van der Waals surface area contributed by atoms with E-state index in [4.69, 9.17) is 21.5 Å². The number of halogens is 4. The Morgan fingerprint density at radius 2 is 1.81 bits per heavy atom. The van der Waals surface area contributed by atoms with Crippen LogP contribution < -0.4 is 9.88 Å². The molecule has 0 radical (unpaired) electrons. The van der Waals surface area contributed by atoms with Gasteiger partial charge in [0.25, 0.3) is 0 Å². The number of rotatable bonds is 4. The highest BCUT2D eigenvalue weighted by Crippen LogP contribution is 2.51. The summed E-state index contributed by atoms with van der Waals surface area (Å²) in [5.41, 5.74) is -2.03. The van der Waals surface area contributed by atoms with Crippen molar-refractivity contribution in [2.75, 3.05) is 0 Å². The number of primary sulfonamides is 1. The SMILES string of the molecule is NS(=O)(=O)Cc1ccc2c(c1)C(c1cccc(Cl)c1)Oc1cccc(SC(F)(F)F)c1-2. The molecule has 31 heavy (non-hydrogen) atoms. The summed E-state index contributed by atoms with van der Waals surface area (Å²) >= 11 is 5.90. The van der Waals surface area contributed by atoms with Gasteiger partial charge in [0.15, 0.2) is 0 Å². The maximum atomic E-state index is 13.2. The molecule has 0 saturated heterocycles. The second kappa shape index (κ2) is 8.05. The smallest absolute Gasteiger partial charge is 0.446 e. The highest BCUT2D eigenvalue weighted by Gasteiger charge is 2.35. The summed E-state index contributed by atoms with van der Waals surface area (Å²) < 4.78 is 68.7. The number of alkyl halides is 3. The van der Waals surface area contributed by atoms with Gasteiger partial charge in [0.1, 0.15) is 11.9 Å². The molecule has 10 heteroatoms. The average molecular weight is 486 g/mol. The van der Waals surface area contributed by atoms with E-state index in [0.717, 1.165) is 0 Å². The summed E-state index contributed by atoms with van der Waals surface area (Å²) in [5, 5.41) is 5.64. The minimum absolute atomic E-state index is 0.00464. The van der Waals surface area contributed by atoms with Gasteiger partial charge in [0, 0.05) is 21.0 Å². The van der Waals surface area contributed by atoms with Crippen molar-refractivity contribution in [2.45, 2.75) is 22.3 Å². The van der Waals surface area contributed by atoms with Crippen molar-refractivity contribution in [3.63, 3.8) is 0 Å². The molecule has 4 nitrogen and oxygen atoms in total. The van der Waals surface area contributed by atoms with E-state index in [9.17, 15) is 21.6 Å². The van der Waals surface area contributed by atoms with Crippen molar-refractivity contribution in [2.24, 2.45) is 5.14 Å². The Morgan fingerprint density at radius 1 is 1.06 bits per heavy atom. The number of nitrogens with two attached hydrogens (primary N) is 1. The second-order valence-electron chi connectivity index (χ2n) is 6.96. The van der Waals surface area contributed by atoms with E-state index in [2.05, 4.69) is 0 Å². The zero-order valence-corrected chi connectivity index (χ0v) is 18.1. The molecule has 1 aliphatic heterocycles. The number of thioether (sulfide) groups is 1. The normalized spacial score (nSPS) is 15.7. The lowest BCUT2D eigenvalue weighted by Crippen LogP contribution is -2.18. The number of hydrogen-bond donors (Lipinski definition) is 1. The van der Waals surface area contributed by atoms with Gasteiger partial charge in [-0.25, -0.2) is 13.6 Å². The topological polar surface area (TPSA) is 69.4 Å². The number of ether oxygens (including phenoxy) is 1. The second-order valence-corrected chi connectivity index (χ2v) is 10.1. The fourth-order valence-electron chi connectivity index (χ4n) is 3.57. The minimum atomic E-state index is -4.48. The molecule has 0 amide bonds. The molecule has 0 spiro atoms. The first kappa shape index (κ1) is 22.0. The van der Waals surface area contributed by atoms with E-state index in [-0.39, 0.29) is 16.7 Å². The van der Waals surface area contributed by atoms with Crippen LogP contribution in [0, 0.1) is 0 Å². The van der Waals surface area contributed by atoms with Crippen LogP contribution in [0.2, 0.25) is 5.02 Å². The summed E-state index contributed by atoms with van der Waals surface area (Å²) in [6.07, 6.45) is -0.687. The minimum Gasteiger partial charge on any atom is -0.480 e. The quantitative estimate of drug-likeness (QED) is 0.468. The van der Waals surface area contributed by atoms with Crippen molar-refractivity contribution in [1.82, 2.24) is 0 Å². The molecule has 162 valence electrons. The van der Waals surface area contributed by atoms with Gasteiger partial charge in [-0.05, 0) is 52.7 Å². The largest absolute Gasteiger partial charge is 0.480 e. The first-order chi connectivity index (χ1) is 14.5. The van der Waals surface area contributed by atoms with Crippen LogP contribution >= 0.6 is 23.4 Å². The zero-order chi connectivity index (χ0) is 22.4. The Morgan fingerprint density at radius 3 is 2.48 bits per heavy atom. The number of fused-ring (bicyclic) bond motifs is 3. The summed E-state index contributed by atoms with van der Waals surface area (Å²) in [6, 6.07) is 16.1. The third-order valence-electron chi connectivity index (χ3n) is 4.65. The van der Waals surface area contributed by atoms with Crippen LogP contribution in [0.15, 0.2) is 65.6 Å². The number of sulfonamides is 1. The molecule has 1 unspecified atom stereocenters. The zero-order valence-electron chi connectivity index (χ0n) is 15.7. The first-order valence-electron chi connectivity index (χ1n) is 8.95. The Labute approximate surface area is 186 Å². The standard InChI is InChI=1S/C21H15ClF3NO3S2/c22-14-4-1-3-13(10-14)20-16-9-12(11-31(26,27)28)7-8-15(16)19-17(29-20)5-2-6-18(19)30-21(23,24)25/h1-10,20H,11H2,(H2,26,27,28). The molecule has 0 bridgehead atoms. The van der Waals surface area contributed by atoms with Crippen molar-refractivity contribution in [3.05, 3.63) is 82.4 Å². The van der Waals surface area contributed by atoms with Crippen LogP contribution in [-0.4, -0.2) is 13.9 Å². The predicted octanol–water partition coefficient (Wildman–Crippen LogP) is 5.89. The molecule has 0 aromatic heterocycles.